The molecule has 7 heteroatoms. The van der Waals surface area contributed by atoms with Crippen molar-refractivity contribution in [3.63, 3.8) is 0 Å². The lowest BCUT2D eigenvalue weighted by atomic mass is 10.1. The molecule has 0 amide bonds. The van der Waals surface area contributed by atoms with Crippen molar-refractivity contribution in [2.24, 2.45) is 0 Å². The van der Waals surface area contributed by atoms with Crippen LogP contribution in [-0.4, -0.2) is 25.8 Å². The van der Waals surface area contributed by atoms with Crippen molar-refractivity contribution < 1.29 is 14.2 Å². The normalized spacial score (nSPS) is 9.96. The molecule has 1 heterocycles. The zero-order valence-corrected chi connectivity index (χ0v) is 17.3. The summed E-state index contributed by atoms with van der Waals surface area (Å²) >= 11 is 1.55. The van der Waals surface area contributed by atoms with E-state index in [4.69, 9.17) is 14.2 Å². The van der Waals surface area contributed by atoms with Gasteiger partial charge in [0.15, 0.2) is 16.6 Å². The van der Waals surface area contributed by atoms with Crippen LogP contribution in [0.25, 0.3) is 11.3 Å². The zero-order chi connectivity index (χ0) is 17.6. The molecule has 5 nitrogen and oxygen atoms in total. The van der Waals surface area contributed by atoms with Gasteiger partial charge in [0, 0.05) is 16.6 Å². The fraction of sp³-hybridized carbons (Fsp3) is 0.211. The number of benzene rings is 2. The standard InChI is InChI=1S/C19H20N2O3S.BrH/c1-4-24-15-8-6-14(7-9-15)20-19-21-16(12-25-19)13-5-10-17(22-2)18(11-13)23-3;/h5-12H,4H2,1-3H3,(H,20,21);1H. The monoisotopic (exact) mass is 436 g/mol. The Morgan fingerprint density at radius 3 is 2.38 bits per heavy atom. The third kappa shape index (κ3) is 4.68. The van der Waals surface area contributed by atoms with E-state index >= 15 is 0 Å². The van der Waals surface area contributed by atoms with E-state index in [9.17, 15) is 0 Å². The Balaban J connectivity index is 0.00000243. The number of nitrogens with one attached hydrogen (secondary N) is 1. The molecule has 0 bridgehead atoms. The second-order valence-electron chi connectivity index (χ2n) is 5.19. The van der Waals surface area contributed by atoms with Gasteiger partial charge < -0.3 is 19.5 Å². The fourth-order valence-electron chi connectivity index (χ4n) is 2.38. The number of nitrogens with zero attached hydrogens (tertiary/aromatic N) is 1. The van der Waals surface area contributed by atoms with Crippen LogP contribution in [0, 0.1) is 0 Å². The van der Waals surface area contributed by atoms with Crippen molar-refractivity contribution in [3.8, 4) is 28.5 Å². The quantitative estimate of drug-likeness (QED) is 0.526. The molecular formula is C19H21BrN2O3S. The molecule has 0 fully saturated rings. The number of aromatic nitrogens is 1. The summed E-state index contributed by atoms with van der Waals surface area (Å²) in [5.74, 6) is 2.25. The summed E-state index contributed by atoms with van der Waals surface area (Å²) in [4.78, 5) is 4.65. The highest BCUT2D eigenvalue weighted by atomic mass is 79.9. The van der Waals surface area contributed by atoms with Crippen LogP contribution < -0.4 is 19.5 Å². The van der Waals surface area contributed by atoms with Gasteiger partial charge in [-0.15, -0.1) is 28.3 Å². The Bertz CT molecular complexity index is 837. The highest BCUT2D eigenvalue weighted by Gasteiger charge is 2.09. The number of anilines is 2. The first-order valence-electron chi connectivity index (χ1n) is 7.91. The Hall–Kier alpha value is -2.25. The molecule has 1 N–H and O–H groups in total. The largest absolute Gasteiger partial charge is 0.494 e. The van der Waals surface area contributed by atoms with E-state index in [0.717, 1.165) is 27.8 Å². The lowest BCUT2D eigenvalue weighted by molar-refractivity contribution is 0.340. The fourth-order valence-corrected chi connectivity index (χ4v) is 3.12. The van der Waals surface area contributed by atoms with Gasteiger partial charge in [-0.3, -0.25) is 0 Å². The first-order chi connectivity index (χ1) is 12.2. The summed E-state index contributed by atoms with van der Waals surface area (Å²) in [7, 11) is 3.25. The number of thiazole rings is 1. The molecule has 0 atom stereocenters. The van der Waals surface area contributed by atoms with Crippen LogP contribution in [0.2, 0.25) is 0 Å². The molecule has 0 aliphatic heterocycles. The van der Waals surface area contributed by atoms with E-state index in [1.54, 1.807) is 25.6 Å². The van der Waals surface area contributed by atoms with Crippen molar-refractivity contribution in [2.75, 3.05) is 26.1 Å². The minimum absolute atomic E-state index is 0. The van der Waals surface area contributed by atoms with Crippen LogP contribution in [0.5, 0.6) is 17.2 Å². The molecule has 0 aliphatic rings. The highest BCUT2D eigenvalue weighted by molar-refractivity contribution is 8.93. The van der Waals surface area contributed by atoms with Gasteiger partial charge in [-0.05, 0) is 49.4 Å². The van der Waals surface area contributed by atoms with E-state index in [0.29, 0.717) is 18.1 Å². The van der Waals surface area contributed by atoms with Gasteiger partial charge >= 0.3 is 0 Å². The van der Waals surface area contributed by atoms with Gasteiger partial charge in [0.2, 0.25) is 0 Å². The summed E-state index contributed by atoms with van der Waals surface area (Å²) in [6, 6.07) is 13.6. The van der Waals surface area contributed by atoms with E-state index in [1.807, 2.05) is 54.8 Å². The molecule has 1 aromatic heterocycles. The average Bonchev–Trinajstić information content (AvgIpc) is 3.11. The third-order valence-electron chi connectivity index (χ3n) is 3.60. The molecule has 0 unspecified atom stereocenters. The Morgan fingerprint density at radius 2 is 1.73 bits per heavy atom. The van der Waals surface area contributed by atoms with Crippen molar-refractivity contribution >= 4 is 39.1 Å². The molecule has 0 saturated carbocycles. The summed E-state index contributed by atoms with van der Waals surface area (Å²) in [5.41, 5.74) is 2.84. The Labute approximate surface area is 167 Å². The maximum Gasteiger partial charge on any atom is 0.187 e. The second kappa shape index (κ2) is 9.45. The topological polar surface area (TPSA) is 52.6 Å². The third-order valence-corrected chi connectivity index (χ3v) is 4.36. The SMILES string of the molecule is Br.CCOc1ccc(Nc2nc(-c3ccc(OC)c(OC)c3)cs2)cc1. The van der Waals surface area contributed by atoms with E-state index in [-0.39, 0.29) is 17.0 Å². The number of hydrogen-bond acceptors (Lipinski definition) is 6. The number of halogens is 1. The van der Waals surface area contributed by atoms with Crippen molar-refractivity contribution in [1.82, 2.24) is 4.98 Å². The molecule has 138 valence electrons. The Kier molecular flexibility index (Phi) is 7.29. The zero-order valence-electron chi connectivity index (χ0n) is 14.8. The summed E-state index contributed by atoms with van der Waals surface area (Å²) in [6.07, 6.45) is 0. The summed E-state index contributed by atoms with van der Waals surface area (Å²) in [5, 5.41) is 6.15. The van der Waals surface area contributed by atoms with Crippen molar-refractivity contribution in [1.29, 1.82) is 0 Å². The van der Waals surface area contributed by atoms with Crippen LogP contribution in [-0.2, 0) is 0 Å². The van der Waals surface area contributed by atoms with Crippen molar-refractivity contribution in [3.05, 3.63) is 47.8 Å². The minimum atomic E-state index is 0. The van der Waals surface area contributed by atoms with Crippen molar-refractivity contribution in [2.45, 2.75) is 6.92 Å². The molecule has 0 radical (unpaired) electrons. The lowest BCUT2D eigenvalue weighted by Crippen LogP contribution is -1.93. The lowest BCUT2D eigenvalue weighted by Gasteiger charge is -2.08. The molecule has 0 aliphatic carbocycles. The predicted octanol–water partition coefficient (Wildman–Crippen LogP) is 5.55. The predicted molar refractivity (Wildman–Crippen MR) is 112 cm³/mol. The van der Waals surface area contributed by atoms with E-state index in [2.05, 4.69) is 10.3 Å². The molecular weight excluding hydrogens is 416 g/mol. The van der Waals surface area contributed by atoms with Crippen LogP contribution in [0.3, 0.4) is 0 Å². The van der Waals surface area contributed by atoms with Crippen LogP contribution in [0.15, 0.2) is 47.8 Å². The maximum absolute atomic E-state index is 5.45. The van der Waals surface area contributed by atoms with Gasteiger partial charge in [-0.25, -0.2) is 4.98 Å². The summed E-state index contributed by atoms with van der Waals surface area (Å²) in [6.45, 7) is 2.63. The van der Waals surface area contributed by atoms with Crippen LogP contribution >= 0.6 is 28.3 Å². The molecule has 2 aromatic carbocycles. The summed E-state index contributed by atoms with van der Waals surface area (Å²) < 4.78 is 16.1. The van der Waals surface area contributed by atoms with E-state index in [1.165, 1.54) is 0 Å². The first-order valence-corrected chi connectivity index (χ1v) is 8.79. The molecule has 26 heavy (non-hydrogen) atoms. The molecule has 0 saturated heterocycles. The van der Waals surface area contributed by atoms with Gasteiger partial charge in [0.25, 0.3) is 0 Å². The highest BCUT2D eigenvalue weighted by Crippen LogP contribution is 2.34. The number of methoxy groups -OCH3 is 2. The minimum Gasteiger partial charge on any atom is -0.494 e. The van der Waals surface area contributed by atoms with Crippen LogP contribution in [0.4, 0.5) is 10.8 Å². The number of hydrogen-bond donors (Lipinski definition) is 1. The number of rotatable bonds is 7. The van der Waals surface area contributed by atoms with Gasteiger partial charge in [-0.1, -0.05) is 0 Å². The van der Waals surface area contributed by atoms with Gasteiger partial charge in [-0.2, -0.15) is 0 Å². The van der Waals surface area contributed by atoms with Gasteiger partial charge in [0.05, 0.1) is 26.5 Å². The second-order valence-corrected chi connectivity index (χ2v) is 6.05. The maximum atomic E-state index is 5.45. The van der Waals surface area contributed by atoms with Gasteiger partial charge in [0.1, 0.15) is 5.75 Å². The molecule has 3 aromatic rings. The Morgan fingerprint density at radius 1 is 1.00 bits per heavy atom. The number of ether oxygens (including phenoxy) is 3. The van der Waals surface area contributed by atoms with Crippen LogP contribution in [0.1, 0.15) is 6.92 Å². The van der Waals surface area contributed by atoms with E-state index < -0.39 is 0 Å². The average molecular weight is 437 g/mol. The molecule has 3 rings (SSSR count). The first kappa shape index (κ1) is 20.1. The smallest absolute Gasteiger partial charge is 0.187 e. The molecule has 0 spiro atoms.